The molecule has 0 unspecified atom stereocenters. The van der Waals surface area contributed by atoms with Gasteiger partial charge in [-0.1, -0.05) is 48.0 Å². The number of rotatable bonds is 4. The maximum atomic E-state index is 12.8. The van der Waals surface area contributed by atoms with Crippen molar-refractivity contribution in [1.29, 1.82) is 0 Å². The first kappa shape index (κ1) is 18.8. The van der Waals surface area contributed by atoms with Crippen molar-refractivity contribution in [3.8, 4) is 16.9 Å². The standard InChI is InChI=1S/C24H24O3S/c1-17-11-15-20(16-12-17)28(25,26)27-23-10-6-5-9-22(23)24-18(2)13-14-19-7-3-4-8-21(19)24/h5-6,9-16H,3-4,7-8H2,1-2H3. The molecule has 3 aromatic carbocycles. The first-order chi connectivity index (χ1) is 13.5. The van der Waals surface area contributed by atoms with Gasteiger partial charge >= 0.3 is 10.1 Å². The SMILES string of the molecule is Cc1ccc(S(=O)(=O)Oc2ccccc2-c2c(C)ccc3c2CCCC3)cc1. The van der Waals surface area contributed by atoms with E-state index in [1.165, 1.54) is 17.5 Å². The molecule has 1 aliphatic rings. The Bertz CT molecular complexity index is 1110. The minimum absolute atomic E-state index is 0.166. The predicted molar refractivity (Wildman–Crippen MR) is 112 cm³/mol. The van der Waals surface area contributed by atoms with Gasteiger partial charge in [-0.2, -0.15) is 8.42 Å². The summed E-state index contributed by atoms with van der Waals surface area (Å²) in [6.45, 7) is 4.00. The summed E-state index contributed by atoms with van der Waals surface area (Å²) in [4.78, 5) is 0.166. The molecule has 1 aliphatic carbocycles. The average Bonchev–Trinajstić information content (AvgIpc) is 2.69. The van der Waals surface area contributed by atoms with E-state index in [1.807, 2.05) is 25.1 Å². The van der Waals surface area contributed by atoms with Crippen LogP contribution in [0.25, 0.3) is 11.1 Å². The van der Waals surface area contributed by atoms with Crippen LogP contribution in [0.3, 0.4) is 0 Å². The molecule has 0 atom stereocenters. The summed E-state index contributed by atoms with van der Waals surface area (Å²) >= 11 is 0. The molecule has 0 amide bonds. The van der Waals surface area contributed by atoms with Crippen molar-refractivity contribution >= 4 is 10.1 Å². The quantitative estimate of drug-likeness (QED) is 0.542. The summed E-state index contributed by atoms with van der Waals surface area (Å²) in [6, 6.07) is 18.5. The topological polar surface area (TPSA) is 43.4 Å². The molecular weight excluding hydrogens is 368 g/mol. The smallest absolute Gasteiger partial charge is 0.339 e. The van der Waals surface area contributed by atoms with Crippen molar-refractivity contribution < 1.29 is 12.6 Å². The molecule has 0 radical (unpaired) electrons. The molecule has 4 heteroatoms. The van der Waals surface area contributed by atoms with Crippen LogP contribution in [0.4, 0.5) is 0 Å². The van der Waals surface area contributed by atoms with Crippen molar-refractivity contribution in [2.75, 3.05) is 0 Å². The molecule has 0 saturated heterocycles. The lowest BCUT2D eigenvalue weighted by Crippen LogP contribution is -2.11. The minimum atomic E-state index is -3.89. The highest BCUT2D eigenvalue weighted by molar-refractivity contribution is 7.87. The lowest BCUT2D eigenvalue weighted by molar-refractivity contribution is 0.487. The second-order valence-electron chi connectivity index (χ2n) is 7.45. The van der Waals surface area contributed by atoms with Crippen LogP contribution >= 0.6 is 0 Å². The van der Waals surface area contributed by atoms with Crippen LogP contribution in [-0.4, -0.2) is 8.42 Å². The van der Waals surface area contributed by atoms with Gasteiger partial charge in [0.25, 0.3) is 0 Å². The Kier molecular flexibility index (Phi) is 4.98. The third-order valence-corrected chi connectivity index (χ3v) is 6.66. The molecule has 0 N–H and O–H groups in total. The average molecular weight is 393 g/mol. The molecule has 0 aliphatic heterocycles. The van der Waals surface area contributed by atoms with Gasteiger partial charge in [-0.25, -0.2) is 0 Å². The molecule has 0 heterocycles. The van der Waals surface area contributed by atoms with Crippen molar-refractivity contribution in [2.45, 2.75) is 44.4 Å². The maximum Gasteiger partial charge on any atom is 0.339 e. The highest BCUT2D eigenvalue weighted by Gasteiger charge is 2.22. The summed E-state index contributed by atoms with van der Waals surface area (Å²) in [5, 5.41) is 0. The number of benzene rings is 3. The van der Waals surface area contributed by atoms with Gasteiger partial charge in [-0.05, 0) is 80.0 Å². The third-order valence-electron chi connectivity index (χ3n) is 5.41. The van der Waals surface area contributed by atoms with Gasteiger partial charge in [0.1, 0.15) is 4.90 Å². The second kappa shape index (κ2) is 7.44. The number of aryl methyl sites for hydroxylation is 3. The van der Waals surface area contributed by atoms with E-state index in [9.17, 15) is 8.42 Å². The van der Waals surface area contributed by atoms with E-state index >= 15 is 0 Å². The van der Waals surface area contributed by atoms with Gasteiger partial charge < -0.3 is 4.18 Å². The molecule has 0 saturated carbocycles. The molecule has 3 nitrogen and oxygen atoms in total. The third kappa shape index (κ3) is 3.57. The Morgan fingerprint density at radius 3 is 2.32 bits per heavy atom. The van der Waals surface area contributed by atoms with Gasteiger partial charge in [0, 0.05) is 5.56 Å². The first-order valence-electron chi connectivity index (χ1n) is 9.67. The molecule has 0 spiro atoms. The minimum Gasteiger partial charge on any atom is -0.378 e. The fraction of sp³-hybridized carbons (Fsp3) is 0.250. The van der Waals surface area contributed by atoms with Crippen LogP contribution in [0.5, 0.6) is 5.75 Å². The first-order valence-corrected chi connectivity index (χ1v) is 11.1. The van der Waals surface area contributed by atoms with E-state index in [2.05, 4.69) is 19.1 Å². The summed E-state index contributed by atoms with van der Waals surface area (Å²) in [5.74, 6) is 0.380. The Labute approximate surface area is 167 Å². The molecule has 0 bridgehead atoms. The molecule has 0 fully saturated rings. The molecule has 0 aromatic heterocycles. The molecule has 3 aromatic rings. The van der Waals surface area contributed by atoms with E-state index < -0.39 is 10.1 Å². The number of hydrogen-bond acceptors (Lipinski definition) is 3. The number of hydrogen-bond donors (Lipinski definition) is 0. The van der Waals surface area contributed by atoms with Gasteiger partial charge in [0.05, 0.1) is 0 Å². The zero-order chi connectivity index (χ0) is 19.7. The Morgan fingerprint density at radius 1 is 0.821 bits per heavy atom. The largest absolute Gasteiger partial charge is 0.378 e. The van der Waals surface area contributed by atoms with Crippen LogP contribution in [0, 0.1) is 13.8 Å². The molecule has 144 valence electrons. The Hall–Kier alpha value is -2.59. The fourth-order valence-corrected chi connectivity index (χ4v) is 4.88. The normalized spacial score (nSPS) is 13.8. The summed E-state index contributed by atoms with van der Waals surface area (Å²) < 4.78 is 31.3. The highest BCUT2D eigenvalue weighted by atomic mass is 32.2. The van der Waals surface area contributed by atoms with Crippen molar-refractivity contribution in [2.24, 2.45) is 0 Å². The summed E-state index contributed by atoms with van der Waals surface area (Å²) in [7, 11) is -3.89. The van der Waals surface area contributed by atoms with Crippen LogP contribution in [-0.2, 0) is 23.0 Å². The monoisotopic (exact) mass is 392 g/mol. The van der Waals surface area contributed by atoms with Crippen LogP contribution in [0.2, 0.25) is 0 Å². The predicted octanol–water partition coefficient (Wildman–Crippen LogP) is 5.62. The summed E-state index contributed by atoms with van der Waals surface area (Å²) in [5.41, 5.74) is 6.80. The van der Waals surface area contributed by atoms with Crippen LogP contribution < -0.4 is 4.18 Å². The van der Waals surface area contributed by atoms with E-state index in [-0.39, 0.29) is 4.90 Å². The fourth-order valence-electron chi connectivity index (χ4n) is 3.94. The van der Waals surface area contributed by atoms with Crippen molar-refractivity contribution in [3.05, 3.63) is 82.9 Å². The van der Waals surface area contributed by atoms with Crippen molar-refractivity contribution in [3.63, 3.8) is 0 Å². The van der Waals surface area contributed by atoms with Crippen molar-refractivity contribution in [1.82, 2.24) is 0 Å². The van der Waals surface area contributed by atoms with Crippen LogP contribution in [0.1, 0.15) is 35.1 Å². The molecular formula is C24H24O3S. The molecule has 4 rings (SSSR count). The van der Waals surface area contributed by atoms with Crippen LogP contribution in [0.15, 0.2) is 65.6 Å². The van der Waals surface area contributed by atoms with E-state index in [4.69, 9.17) is 4.18 Å². The zero-order valence-corrected chi connectivity index (χ0v) is 17.1. The lowest BCUT2D eigenvalue weighted by Gasteiger charge is -2.22. The molecule has 28 heavy (non-hydrogen) atoms. The summed E-state index contributed by atoms with van der Waals surface area (Å²) in [6.07, 6.45) is 4.46. The Morgan fingerprint density at radius 2 is 1.54 bits per heavy atom. The number of para-hydroxylation sites is 1. The van der Waals surface area contributed by atoms with Gasteiger partial charge in [-0.3, -0.25) is 0 Å². The zero-order valence-electron chi connectivity index (χ0n) is 16.2. The maximum absolute atomic E-state index is 12.8. The number of fused-ring (bicyclic) bond motifs is 1. The highest BCUT2D eigenvalue weighted by Crippen LogP contribution is 2.39. The second-order valence-corrected chi connectivity index (χ2v) is 9.00. The van der Waals surface area contributed by atoms with E-state index in [1.54, 1.807) is 30.3 Å². The lowest BCUT2D eigenvalue weighted by atomic mass is 9.83. The van der Waals surface area contributed by atoms with Gasteiger partial charge in [0.2, 0.25) is 0 Å². The van der Waals surface area contributed by atoms with Gasteiger partial charge in [0.15, 0.2) is 5.75 Å². The Balaban J connectivity index is 1.80. The van der Waals surface area contributed by atoms with E-state index in [0.29, 0.717) is 5.75 Å². The van der Waals surface area contributed by atoms with E-state index in [0.717, 1.165) is 41.5 Å². The van der Waals surface area contributed by atoms with Gasteiger partial charge in [-0.15, -0.1) is 0 Å².